The van der Waals surface area contributed by atoms with Crippen molar-refractivity contribution in [2.24, 2.45) is 0 Å². The summed E-state index contributed by atoms with van der Waals surface area (Å²) in [5, 5.41) is 3.22. The lowest BCUT2D eigenvalue weighted by Crippen LogP contribution is -2.20. The lowest BCUT2D eigenvalue weighted by molar-refractivity contribution is -0.138. The summed E-state index contributed by atoms with van der Waals surface area (Å²) >= 11 is 0. The van der Waals surface area contributed by atoms with Crippen LogP contribution in [0.25, 0.3) is 0 Å². The predicted molar refractivity (Wildman–Crippen MR) is 56.2 cm³/mol. The molecule has 4 heteroatoms. The maximum Gasteiger partial charge on any atom is 0.416 e. The van der Waals surface area contributed by atoms with Crippen molar-refractivity contribution in [2.75, 3.05) is 6.54 Å². The minimum atomic E-state index is -4.24. The van der Waals surface area contributed by atoms with Gasteiger partial charge in [0.15, 0.2) is 0 Å². The summed E-state index contributed by atoms with van der Waals surface area (Å²) in [6, 6.07) is 6.32. The molecular weight excluding hydrogens is 215 g/mol. The van der Waals surface area contributed by atoms with Gasteiger partial charge in [0.05, 0.1) is 5.56 Å². The molecule has 0 saturated heterocycles. The van der Waals surface area contributed by atoms with Crippen LogP contribution in [0.5, 0.6) is 0 Å². The van der Waals surface area contributed by atoms with E-state index in [1.165, 1.54) is 6.07 Å². The van der Waals surface area contributed by atoms with Crippen LogP contribution in [0.2, 0.25) is 0 Å². The van der Waals surface area contributed by atoms with Crippen molar-refractivity contribution < 1.29 is 13.2 Å². The predicted octanol–water partition coefficient (Wildman–Crippen LogP) is 3.00. The van der Waals surface area contributed by atoms with Crippen molar-refractivity contribution in [1.82, 2.24) is 5.32 Å². The number of alkyl halides is 3. The average Bonchev–Trinajstić information content (AvgIpc) is 3.01. The first-order valence-corrected chi connectivity index (χ1v) is 5.46. The molecule has 1 nitrogen and oxygen atoms in total. The fraction of sp³-hybridized carbons (Fsp3) is 0.500. The van der Waals surface area contributed by atoms with Gasteiger partial charge in [-0.15, -0.1) is 0 Å². The highest BCUT2D eigenvalue weighted by Gasteiger charge is 2.32. The smallest absolute Gasteiger partial charge is 0.314 e. The van der Waals surface area contributed by atoms with Gasteiger partial charge in [0.1, 0.15) is 0 Å². The van der Waals surface area contributed by atoms with E-state index in [0.717, 1.165) is 18.9 Å². The number of benzene rings is 1. The monoisotopic (exact) mass is 229 g/mol. The SMILES string of the molecule is FC(F)(F)c1ccccc1CCNC1CC1. The minimum Gasteiger partial charge on any atom is -0.314 e. The molecule has 0 heterocycles. The molecule has 0 radical (unpaired) electrons. The number of nitrogens with one attached hydrogen (secondary N) is 1. The van der Waals surface area contributed by atoms with Gasteiger partial charge in [0.25, 0.3) is 0 Å². The van der Waals surface area contributed by atoms with Crippen LogP contribution < -0.4 is 5.32 Å². The van der Waals surface area contributed by atoms with Gasteiger partial charge in [-0.05, 0) is 37.4 Å². The summed E-state index contributed by atoms with van der Waals surface area (Å²) in [6.07, 6.45) is -1.50. The van der Waals surface area contributed by atoms with Crippen LogP contribution in [0.4, 0.5) is 13.2 Å². The molecule has 1 N–H and O–H groups in total. The summed E-state index contributed by atoms with van der Waals surface area (Å²) in [5.41, 5.74) is -0.129. The third-order valence-corrected chi connectivity index (χ3v) is 2.73. The van der Waals surface area contributed by atoms with Gasteiger partial charge in [-0.3, -0.25) is 0 Å². The maximum atomic E-state index is 12.6. The molecule has 0 bridgehead atoms. The third kappa shape index (κ3) is 2.98. The van der Waals surface area contributed by atoms with Gasteiger partial charge in [-0.1, -0.05) is 18.2 Å². The van der Waals surface area contributed by atoms with Gasteiger partial charge < -0.3 is 5.32 Å². The Morgan fingerprint density at radius 3 is 2.50 bits per heavy atom. The van der Waals surface area contributed by atoms with Crippen molar-refractivity contribution >= 4 is 0 Å². The molecule has 0 amide bonds. The Bertz CT molecular complexity index is 356. The van der Waals surface area contributed by atoms with Crippen LogP contribution in [0, 0.1) is 0 Å². The Hall–Kier alpha value is -1.03. The summed E-state index contributed by atoms with van der Waals surface area (Å²) in [5.74, 6) is 0. The average molecular weight is 229 g/mol. The lowest BCUT2D eigenvalue weighted by Gasteiger charge is -2.12. The molecule has 0 aromatic heterocycles. The quantitative estimate of drug-likeness (QED) is 0.836. The van der Waals surface area contributed by atoms with E-state index >= 15 is 0 Å². The molecule has 1 fully saturated rings. The molecule has 0 unspecified atom stereocenters. The summed E-state index contributed by atoms with van der Waals surface area (Å²) in [7, 11) is 0. The largest absolute Gasteiger partial charge is 0.416 e. The van der Waals surface area contributed by atoms with Gasteiger partial charge in [-0.2, -0.15) is 13.2 Å². The molecule has 0 spiro atoms. The molecular formula is C12H14F3N. The molecule has 1 saturated carbocycles. The lowest BCUT2D eigenvalue weighted by atomic mass is 10.0. The molecule has 16 heavy (non-hydrogen) atoms. The van der Waals surface area contributed by atoms with Crippen LogP contribution in [-0.2, 0) is 12.6 Å². The van der Waals surface area contributed by atoms with E-state index < -0.39 is 11.7 Å². The highest BCUT2D eigenvalue weighted by Crippen LogP contribution is 2.32. The molecule has 0 atom stereocenters. The fourth-order valence-electron chi connectivity index (χ4n) is 1.71. The summed E-state index contributed by atoms with van der Waals surface area (Å²) in [6.45, 7) is 0.623. The first-order valence-electron chi connectivity index (χ1n) is 5.46. The van der Waals surface area contributed by atoms with E-state index in [0.29, 0.717) is 24.6 Å². The van der Waals surface area contributed by atoms with Crippen LogP contribution >= 0.6 is 0 Å². The Morgan fingerprint density at radius 2 is 1.88 bits per heavy atom. The van der Waals surface area contributed by atoms with Gasteiger partial charge in [0.2, 0.25) is 0 Å². The van der Waals surface area contributed by atoms with Crippen molar-refractivity contribution in [1.29, 1.82) is 0 Å². The Labute approximate surface area is 92.7 Å². The molecule has 88 valence electrons. The summed E-state index contributed by atoms with van der Waals surface area (Å²) in [4.78, 5) is 0. The second-order valence-corrected chi connectivity index (χ2v) is 4.13. The number of hydrogen-bond acceptors (Lipinski definition) is 1. The van der Waals surface area contributed by atoms with E-state index in [9.17, 15) is 13.2 Å². The van der Waals surface area contributed by atoms with E-state index in [4.69, 9.17) is 0 Å². The van der Waals surface area contributed by atoms with Crippen molar-refractivity contribution in [2.45, 2.75) is 31.5 Å². The maximum absolute atomic E-state index is 12.6. The molecule has 1 aliphatic rings. The van der Waals surface area contributed by atoms with E-state index in [2.05, 4.69) is 5.32 Å². The van der Waals surface area contributed by atoms with E-state index in [1.54, 1.807) is 12.1 Å². The van der Waals surface area contributed by atoms with Crippen molar-refractivity contribution in [3.8, 4) is 0 Å². The highest BCUT2D eigenvalue weighted by atomic mass is 19.4. The van der Waals surface area contributed by atoms with Crippen LogP contribution in [0.1, 0.15) is 24.0 Å². The standard InChI is InChI=1S/C12H14F3N/c13-12(14,15)11-4-2-1-3-9(11)7-8-16-10-5-6-10/h1-4,10,16H,5-8H2. The number of rotatable bonds is 4. The van der Waals surface area contributed by atoms with E-state index in [1.807, 2.05) is 0 Å². The zero-order valence-electron chi connectivity index (χ0n) is 8.85. The van der Waals surface area contributed by atoms with Crippen molar-refractivity contribution in [3.63, 3.8) is 0 Å². The molecule has 2 rings (SSSR count). The first kappa shape index (κ1) is 11.5. The zero-order valence-corrected chi connectivity index (χ0v) is 8.85. The molecule has 1 aromatic carbocycles. The molecule has 1 aliphatic carbocycles. The highest BCUT2D eigenvalue weighted by molar-refractivity contribution is 5.29. The second-order valence-electron chi connectivity index (χ2n) is 4.13. The normalized spacial score (nSPS) is 16.4. The number of halogens is 3. The van der Waals surface area contributed by atoms with Crippen LogP contribution in [0.3, 0.4) is 0 Å². The topological polar surface area (TPSA) is 12.0 Å². The Morgan fingerprint density at radius 1 is 1.19 bits per heavy atom. The van der Waals surface area contributed by atoms with E-state index in [-0.39, 0.29) is 0 Å². The summed E-state index contributed by atoms with van der Waals surface area (Å²) < 4.78 is 37.9. The Kier molecular flexibility index (Phi) is 3.19. The van der Waals surface area contributed by atoms with Gasteiger partial charge in [-0.25, -0.2) is 0 Å². The first-order chi connectivity index (χ1) is 7.57. The van der Waals surface area contributed by atoms with Gasteiger partial charge in [0, 0.05) is 6.04 Å². The number of hydrogen-bond donors (Lipinski definition) is 1. The second kappa shape index (κ2) is 4.45. The van der Waals surface area contributed by atoms with Crippen LogP contribution in [-0.4, -0.2) is 12.6 Å². The van der Waals surface area contributed by atoms with Crippen molar-refractivity contribution in [3.05, 3.63) is 35.4 Å². The minimum absolute atomic E-state index is 0.378. The van der Waals surface area contributed by atoms with Gasteiger partial charge >= 0.3 is 6.18 Å². The third-order valence-electron chi connectivity index (χ3n) is 2.73. The molecule has 0 aliphatic heterocycles. The van der Waals surface area contributed by atoms with Crippen LogP contribution in [0.15, 0.2) is 24.3 Å². The zero-order chi connectivity index (χ0) is 11.6. The Balaban J connectivity index is 2.00. The molecule has 1 aromatic rings. The fourth-order valence-corrected chi connectivity index (χ4v) is 1.71.